The Bertz CT molecular complexity index is 502. The van der Waals surface area contributed by atoms with Crippen LogP contribution >= 0.6 is 22.6 Å². The molecule has 0 spiro atoms. The van der Waals surface area contributed by atoms with Gasteiger partial charge >= 0.3 is 0 Å². The molecule has 0 amide bonds. The van der Waals surface area contributed by atoms with Crippen LogP contribution in [0.1, 0.15) is 18.5 Å². The van der Waals surface area contributed by atoms with E-state index in [0.29, 0.717) is 6.04 Å². The molecule has 1 saturated carbocycles. The molecule has 0 radical (unpaired) electrons. The first kappa shape index (κ1) is 11.2. The summed E-state index contributed by atoms with van der Waals surface area (Å²) in [5.74, 6) is 0.842. The van der Waals surface area contributed by atoms with Gasteiger partial charge < -0.3 is 9.84 Å². The molecule has 3 nitrogen and oxygen atoms in total. The molecule has 2 aromatic rings. The van der Waals surface area contributed by atoms with Gasteiger partial charge in [0.15, 0.2) is 5.76 Å². The summed E-state index contributed by atoms with van der Waals surface area (Å²) >= 11 is 2.29. The maximum absolute atomic E-state index is 5.35. The minimum Gasteiger partial charge on any atom is -0.356 e. The number of rotatable bonds is 4. The summed E-state index contributed by atoms with van der Waals surface area (Å²) in [6.07, 6.45) is 2.59. The van der Waals surface area contributed by atoms with E-state index in [2.05, 4.69) is 57.3 Å². The monoisotopic (exact) mass is 340 g/mol. The van der Waals surface area contributed by atoms with Crippen molar-refractivity contribution in [2.45, 2.75) is 25.4 Å². The second-order valence-corrected chi connectivity index (χ2v) is 5.59. The standard InChI is InChI=1S/C13H13IN2O/c14-10-3-1-9(2-4-10)13-7-12(16-17-13)8-15-11-5-6-11/h1-4,7,11,15H,5-6,8H2. The Morgan fingerprint density at radius 2 is 2.06 bits per heavy atom. The van der Waals surface area contributed by atoms with E-state index in [-0.39, 0.29) is 0 Å². The highest BCUT2D eigenvalue weighted by atomic mass is 127. The molecule has 1 N–H and O–H groups in total. The zero-order valence-corrected chi connectivity index (χ0v) is 11.5. The largest absolute Gasteiger partial charge is 0.356 e. The fourth-order valence-electron chi connectivity index (χ4n) is 1.68. The predicted molar refractivity (Wildman–Crippen MR) is 74.5 cm³/mol. The third kappa shape index (κ3) is 2.87. The maximum Gasteiger partial charge on any atom is 0.167 e. The van der Waals surface area contributed by atoms with Crippen molar-refractivity contribution in [3.8, 4) is 11.3 Å². The highest BCUT2D eigenvalue weighted by Gasteiger charge is 2.20. The van der Waals surface area contributed by atoms with Gasteiger partial charge in [-0.05, 0) is 47.6 Å². The number of nitrogens with zero attached hydrogens (tertiary/aromatic N) is 1. The smallest absolute Gasteiger partial charge is 0.167 e. The number of hydrogen-bond donors (Lipinski definition) is 1. The second-order valence-electron chi connectivity index (χ2n) is 4.34. The first-order valence-electron chi connectivity index (χ1n) is 5.76. The summed E-state index contributed by atoms with van der Waals surface area (Å²) in [4.78, 5) is 0. The van der Waals surface area contributed by atoms with Crippen molar-refractivity contribution in [2.75, 3.05) is 0 Å². The number of nitrogens with one attached hydrogen (secondary N) is 1. The Labute approximate surface area is 114 Å². The van der Waals surface area contributed by atoms with Crippen molar-refractivity contribution in [3.63, 3.8) is 0 Å². The topological polar surface area (TPSA) is 38.1 Å². The Kier molecular flexibility index (Phi) is 3.15. The molecule has 1 fully saturated rings. The molecule has 3 rings (SSSR count). The van der Waals surface area contributed by atoms with E-state index in [4.69, 9.17) is 4.52 Å². The highest BCUT2D eigenvalue weighted by molar-refractivity contribution is 14.1. The minimum atomic E-state index is 0.702. The van der Waals surface area contributed by atoms with Crippen LogP contribution in [0.25, 0.3) is 11.3 Å². The van der Waals surface area contributed by atoms with Crippen LogP contribution in [0, 0.1) is 3.57 Å². The van der Waals surface area contributed by atoms with Gasteiger partial charge in [-0.3, -0.25) is 0 Å². The molecule has 1 heterocycles. The van der Waals surface area contributed by atoms with Crippen LogP contribution in [0.5, 0.6) is 0 Å². The summed E-state index contributed by atoms with van der Waals surface area (Å²) in [6, 6.07) is 11.0. The first-order valence-corrected chi connectivity index (χ1v) is 6.84. The van der Waals surface area contributed by atoms with E-state index >= 15 is 0 Å². The lowest BCUT2D eigenvalue weighted by atomic mass is 10.2. The lowest BCUT2D eigenvalue weighted by Gasteiger charge is -1.96. The average Bonchev–Trinajstić information content (AvgIpc) is 3.06. The van der Waals surface area contributed by atoms with Gasteiger partial charge in [-0.1, -0.05) is 17.3 Å². The van der Waals surface area contributed by atoms with Gasteiger partial charge in [0, 0.05) is 27.8 Å². The number of hydrogen-bond acceptors (Lipinski definition) is 3. The molecule has 0 unspecified atom stereocenters. The van der Waals surface area contributed by atoms with E-state index in [1.807, 2.05) is 6.07 Å². The molecular weight excluding hydrogens is 327 g/mol. The Balaban J connectivity index is 1.72. The molecule has 0 atom stereocenters. The molecule has 0 bridgehead atoms. The van der Waals surface area contributed by atoms with Crippen molar-refractivity contribution in [3.05, 3.63) is 39.6 Å². The van der Waals surface area contributed by atoms with Crippen LogP contribution in [0.2, 0.25) is 0 Å². The van der Waals surface area contributed by atoms with Crippen molar-refractivity contribution >= 4 is 22.6 Å². The molecular formula is C13H13IN2O. The summed E-state index contributed by atoms with van der Waals surface area (Å²) in [5, 5.41) is 7.50. The summed E-state index contributed by atoms with van der Waals surface area (Å²) in [7, 11) is 0. The maximum atomic E-state index is 5.35. The van der Waals surface area contributed by atoms with Gasteiger partial charge in [-0.25, -0.2) is 0 Å². The summed E-state index contributed by atoms with van der Waals surface area (Å²) < 4.78 is 6.57. The first-order chi connectivity index (χ1) is 8.31. The van der Waals surface area contributed by atoms with Crippen molar-refractivity contribution in [1.82, 2.24) is 10.5 Å². The number of halogens is 1. The van der Waals surface area contributed by atoms with Crippen LogP contribution in [-0.4, -0.2) is 11.2 Å². The Hall–Kier alpha value is -0.880. The van der Waals surface area contributed by atoms with Crippen LogP contribution in [-0.2, 0) is 6.54 Å². The minimum absolute atomic E-state index is 0.702. The molecule has 17 heavy (non-hydrogen) atoms. The summed E-state index contributed by atoms with van der Waals surface area (Å²) in [6.45, 7) is 0.804. The quantitative estimate of drug-likeness (QED) is 0.869. The van der Waals surface area contributed by atoms with Gasteiger partial charge in [0.05, 0.1) is 5.69 Å². The second kappa shape index (κ2) is 4.78. The fraction of sp³-hybridized carbons (Fsp3) is 0.308. The zero-order valence-electron chi connectivity index (χ0n) is 9.32. The normalized spacial score (nSPS) is 15.1. The fourth-order valence-corrected chi connectivity index (χ4v) is 2.04. The lowest BCUT2D eigenvalue weighted by molar-refractivity contribution is 0.420. The Morgan fingerprint density at radius 1 is 1.29 bits per heavy atom. The van der Waals surface area contributed by atoms with E-state index in [0.717, 1.165) is 23.6 Å². The SMILES string of the molecule is Ic1ccc(-c2cc(CNC3CC3)no2)cc1. The molecule has 4 heteroatoms. The average molecular weight is 340 g/mol. The third-order valence-electron chi connectivity index (χ3n) is 2.84. The molecule has 1 aliphatic carbocycles. The van der Waals surface area contributed by atoms with Crippen molar-refractivity contribution in [1.29, 1.82) is 0 Å². The van der Waals surface area contributed by atoms with Crippen molar-refractivity contribution < 1.29 is 4.52 Å². The van der Waals surface area contributed by atoms with Gasteiger partial charge in [0.25, 0.3) is 0 Å². The van der Waals surface area contributed by atoms with Gasteiger partial charge in [-0.15, -0.1) is 0 Å². The molecule has 1 aromatic carbocycles. The van der Waals surface area contributed by atoms with Crippen LogP contribution < -0.4 is 5.32 Å². The van der Waals surface area contributed by atoms with Crippen LogP contribution in [0.15, 0.2) is 34.9 Å². The molecule has 0 aliphatic heterocycles. The van der Waals surface area contributed by atoms with E-state index in [1.165, 1.54) is 16.4 Å². The molecule has 1 aliphatic rings. The van der Waals surface area contributed by atoms with E-state index in [9.17, 15) is 0 Å². The predicted octanol–water partition coefficient (Wildman–Crippen LogP) is 3.20. The molecule has 1 aromatic heterocycles. The van der Waals surface area contributed by atoms with Crippen LogP contribution in [0.3, 0.4) is 0 Å². The lowest BCUT2D eigenvalue weighted by Crippen LogP contribution is -2.15. The third-order valence-corrected chi connectivity index (χ3v) is 3.56. The van der Waals surface area contributed by atoms with Crippen LogP contribution in [0.4, 0.5) is 0 Å². The number of benzene rings is 1. The van der Waals surface area contributed by atoms with Gasteiger partial charge in [-0.2, -0.15) is 0 Å². The molecule has 88 valence electrons. The summed E-state index contributed by atoms with van der Waals surface area (Å²) in [5.41, 5.74) is 2.06. The van der Waals surface area contributed by atoms with Gasteiger partial charge in [0.2, 0.25) is 0 Å². The van der Waals surface area contributed by atoms with Gasteiger partial charge in [0.1, 0.15) is 0 Å². The molecule has 0 saturated heterocycles. The zero-order chi connectivity index (χ0) is 11.7. The van der Waals surface area contributed by atoms with Crippen molar-refractivity contribution in [2.24, 2.45) is 0 Å². The Morgan fingerprint density at radius 3 is 2.76 bits per heavy atom. The highest BCUT2D eigenvalue weighted by Crippen LogP contribution is 2.22. The van der Waals surface area contributed by atoms with E-state index in [1.54, 1.807) is 0 Å². The number of aromatic nitrogens is 1. The van der Waals surface area contributed by atoms with E-state index < -0.39 is 0 Å².